The molecule has 9 heteroatoms. The third kappa shape index (κ3) is 4.66. The lowest BCUT2D eigenvalue weighted by Crippen LogP contribution is -2.25. The summed E-state index contributed by atoms with van der Waals surface area (Å²) in [5.74, 6) is 0.0334. The molecule has 4 N–H and O–H groups in total. The standard InChI is InChI=1S/C12H17N5O2S2/c1-19-5-4-15-12-17-10(13)9(21-12)11(18)14-3-2-8-6-20-7-16-8/h6-7H,2-5,13H2,1H3,(H,14,18)(H,15,17). The Morgan fingerprint density at radius 3 is 3.05 bits per heavy atom. The molecular formula is C12H17N5O2S2. The van der Waals surface area contributed by atoms with Gasteiger partial charge in [-0.1, -0.05) is 11.3 Å². The van der Waals surface area contributed by atoms with E-state index in [-0.39, 0.29) is 11.7 Å². The highest BCUT2D eigenvalue weighted by Gasteiger charge is 2.15. The molecule has 0 bridgehead atoms. The molecule has 1 amide bonds. The minimum Gasteiger partial charge on any atom is -0.383 e. The van der Waals surface area contributed by atoms with Crippen molar-refractivity contribution in [1.29, 1.82) is 0 Å². The monoisotopic (exact) mass is 327 g/mol. The molecule has 21 heavy (non-hydrogen) atoms. The van der Waals surface area contributed by atoms with Crippen LogP contribution in [-0.2, 0) is 11.2 Å². The van der Waals surface area contributed by atoms with Crippen molar-refractivity contribution >= 4 is 39.5 Å². The number of hydrogen-bond acceptors (Lipinski definition) is 8. The molecule has 2 aromatic heterocycles. The average molecular weight is 327 g/mol. The van der Waals surface area contributed by atoms with E-state index in [1.165, 1.54) is 22.7 Å². The summed E-state index contributed by atoms with van der Waals surface area (Å²) in [7, 11) is 1.62. The number of nitrogens with two attached hydrogens (primary N) is 1. The minimum atomic E-state index is -0.208. The fourth-order valence-corrected chi connectivity index (χ4v) is 3.00. The van der Waals surface area contributed by atoms with E-state index in [2.05, 4.69) is 20.6 Å². The van der Waals surface area contributed by atoms with Gasteiger partial charge in [0, 0.05) is 32.0 Å². The number of carbonyl (C=O) groups excluding carboxylic acids is 1. The van der Waals surface area contributed by atoms with E-state index in [0.717, 1.165) is 5.69 Å². The van der Waals surface area contributed by atoms with Crippen molar-refractivity contribution in [2.75, 3.05) is 37.9 Å². The van der Waals surface area contributed by atoms with Gasteiger partial charge in [-0.15, -0.1) is 11.3 Å². The maximum atomic E-state index is 12.0. The molecule has 114 valence electrons. The van der Waals surface area contributed by atoms with Gasteiger partial charge in [0.2, 0.25) is 0 Å². The van der Waals surface area contributed by atoms with Gasteiger partial charge in [-0.25, -0.2) is 9.97 Å². The van der Waals surface area contributed by atoms with E-state index in [1.54, 1.807) is 12.6 Å². The number of amides is 1. The second-order valence-corrected chi connectivity index (χ2v) is 5.86. The molecular weight excluding hydrogens is 310 g/mol. The van der Waals surface area contributed by atoms with Crippen LogP contribution in [0.2, 0.25) is 0 Å². The Bertz CT molecular complexity index is 570. The number of thiazole rings is 2. The Labute approximate surface area is 130 Å². The number of nitrogen functional groups attached to an aromatic ring is 1. The second-order valence-electron chi connectivity index (χ2n) is 4.14. The van der Waals surface area contributed by atoms with Crippen molar-refractivity contribution in [2.24, 2.45) is 0 Å². The van der Waals surface area contributed by atoms with Crippen molar-refractivity contribution < 1.29 is 9.53 Å². The fourth-order valence-electron chi connectivity index (χ4n) is 1.58. The van der Waals surface area contributed by atoms with Crippen LogP contribution >= 0.6 is 22.7 Å². The van der Waals surface area contributed by atoms with Crippen molar-refractivity contribution in [3.8, 4) is 0 Å². The second kappa shape index (κ2) is 7.91. The van der Waals surface area contributed by atoms with Crippen molar-refractivity contribution in [2.45, 2.75) is 6.42 Å². The molecule has 0 unspecified atom stereocenters. The Balaban J connectivity index is 1.83. The van der Waals surface area contributed by atoms with Crippen LogP contribution in [0.4, 0.5) is 10.9 Å². The smallest absolute Gasteiger partial charge is 0.265 e. The quantitative estimate of drug-likeness (QED) is 0.630. The highest BCUT2D eigenvalue weighted by atomic mass is 32.1. The van der Waals surface area contributed by atoms with Gasteiger partial charge < -0.3 is 21.1 Å². The molecule has 0 aliphatic heterocycles. The summed E-state index contributed by atoms with van der Waals surface area (Å²) in [4.78, 5) is 20.8. The van der Waals surface area contributed by atoms with E-state index in [1.807, 2.05) is 5.38 Å². The summed E-state index contributed by atoms with van der Waals surface area (Å²) in [5.41, 5.74) is 8.52. The lowest BCUT2D eigenvalue weighted by atomic mass is 10.3. The highest BCUT2D eigenvalue weighted by Crippen LogP contribution is 2.24. The largest absolute Gasteiger partial charge is 0.383 e. The first kappa shape index (κ1) is 15.7. The van der Waals surface area contributed by atoms with Gasteiger partial charge in [-0.05, 0) is 0 Å². The zero-order chi connectivity index (χ0) is 15.1. The van der Waals surface area contributed by atoms with Crippen molar-refractivity contribution in [1.82, 2.24) is 15.3 Å². The molecule has 0 aliphatic rings. The summed E-state index contributed by atoms with van der Waals surface area (Å²) < 4.78 is 4.94. The number of aromatic nitrogens is 2. The summed E-state index contributed by atoms with van der Waals surface area (Å²) in [6.07, 6.45) is 0.701. The topological polar surface area (TPSA) is 102 Å². The molecule has 7 nitrogen and oxygen atoms in total. The normalized spacial score (nSPS) is 10.5. The zero-order valence-electron chi connectivity index (χ0n) is 11.6. The van der Waals surface area contributed by atoms with E-state index < -0.39 is 0 Å². The molecule has 2 aromatic rings. The zero-order valence-corrected chi connectivity index (χ0v) is 13.2. The Morgan fingerprint density at radius 2 is 2.33 bits per heavy atom. The Kier molecular flexibility index (Phi) is 5.90. The van der Waals surface area contributed by atoms with Crippen LogP contribution in [0.15, 0.2) is 10.9 Å². The molecule has 0 fully saturated rings. The summed E-state index contributed by atoms with van der Waals surface area (Å²) in [6.45, 7) is 1.70. The van der Waals surface area contributed by atoms with E-state index >= 15 is 0 Å². The maximum Gasteiger partial charge on any atom is 0.265 e. The molecule has 0 atom stereocenters. The first-order valence-electron chi connectivity index (χ1n) is 6.35. The lowest BCUT2D eigenvalue weighted by molar-refractivity contribution is 0.0959. The minimum absolute atomic E-state index is 0.208. The highest BCUT2D eigenvalue weighted by molar-refractivity contribution is 7.18. The lowest BCUT2D eigenvalue weighted by Gasteiger charge is -2.02. The van der Waals surface area contributed by atoms with Crippen LogP contribution in [0.5, 0.6) is 0 Å². The number of hydrogen-bond donors (Lipinski definition) is 3. The van der Waals surface area contributed by atoms with Gasteiger partial charge >= 0.3 is 0 Å². The average Bonchev–Trinajstić information content (AvgIpc) is 3.09. The number of carbonyl (C=O) groups is 1. The Morgan fingerprint density at radius 1 is 1.48 bits per heavy atom. The third-order valence-electron chi connectivity index (χ3n) is 2.59. The molecule has 0 saturated carbocycles. The summed E-state index contributed by atoms with van der Waals surface area (Å²) in [6, 6.07) is 0. The molecule has 0 saturated heterocycles. The number of rotatable bonds is 8. The van der Waals surface area contributed by atoms with Gasteiger partial charge in [0.25, 0.3) is 5.91 Å². The third-order valence-corrected chi connectivity index (χ3v) is 4.26. The van der Waals surface area contributed by atoms with Crippen LogP contribution in [-0.4, -0.2) is 42.7 Å². The molecule has 0 aromatic carbocycles. The molecule has 0 aliphatic carbocycles. The van der Waals surface area contributed by atoms with E-state index in [4.69, 9.17) is 10.5 Å². The maximum absolute atomic E-state index is 12.0. The summed E-state index contributed by atoms with van der Waals surface area (Å²) >= 11 is 2.78. The molecule has 2 heterocycles. The van der Waals surface area contributed by atoms with Crippen LogP contribution < -0.4 is 16.4 Å². The Hall–Kier alpha value is -1.71. The fraction of sp³-hybridized carbons (Fsp3) is 0.417. The number of methoxy groups -OCH3 is 1. The van der Waals surface area contributed by atoms with Crippen LogP contribution in [0.1, 0.15) is 15.4 Å². The van der Waals surface area contributed by atoms with Crippen LogP contribution in [0.25, 0.3) is 0 Å². The number of nitrogens with zero attached hydrogens (tertiary/aromatic N) is 2. The first-order valence-corrected chi connectivity index (χ1v) is 8.11. The molecule has 0 spiro atoms. The number of ether oxygens (including phenoxy) is 1. The summed E-state index contributed by atoms with van der Waals surface area (Å²) in [5, 5.41) is 8.46. The van der Waals surface area contributed by atoms with Gasteiger partial charge in [-0.3, -0.25) is 4.79 Å². The van der Waals surface area contributed by atoms with Crippen LogP contribution in [0.3, 0.4) is 0 Å². The van der Waals surface area contributed by atoms with Gasteiger partial charge in [0.1, 0.15) is 10.7 Å². The van der Waals surface area contributed by atoms with E-state index in [0.29, 0.717) is 36.1 Å². The number of nitrogens with one attached hydrogen (secondary N) is 2. The SMILES string of the molecule is COCCNc1nc(N)c(C(=O)NCCc2cscn2)s1. The predicted molar refractivity (Wildman–Crippen MR) is 85.0 cm³/mol. The van der Waals surface area contributed by atoms with Gasteiger partial charge in [-0.2, -0.15) is 0 Å². The first-order chi connectivity index (χ1) is 10.2. The molecule has 2 rings (SSSR count). The van der Waals surface area contributed by atoms with Gasteiger partial charge in [0.05, 0.1) is 17.8 Å². The van der Waals surface area contributed by atoms with Gasteiger partial charge in [0.15, 0.2) is 5.13 Å². The van der Waals surface area contributed by atoms with E-state index in [9.17, 15) is 4.79 Å². The number of anilines is 2. The van der Waals surface area contributed by atoms with Crippen molar-refractivity contribution in [3.05, 3.63) is 21.5 Å². The molecule has 0 radical (unpaired) electrons. The van der Waals surface area contributed by atoms with Crippen molar-refractivity contribution in [3.63, 3.8) is 0 Å². The van der Waals surface area contributed by atoms with Crippen LogP contribution in [0, 0.1) is 0 Å². The predicted octanol–water partition coefficient (Wildman–Crippen LogP) is 1.21.